The van der Waals surface area contributed by atoms with Crippen LogP contribution in [0.3, 0.4) is 0 Å². The highest BCUT2D eigenvalue weighted by Crippen LogP contribution is 2.21. The number of thioether (sulfide) groups is 1. The van der Waals surface area contributed by atoms with Gasteiger partial charge in [0.1, 0.15) is 5.82 Å². The van der Waals surface area contributed by atoms with Crippen molar-refractivity contribution in [3.63, 3.8) is 0 Å². The van der Waals surface area contributed by atoms with Crippen LogP contribution in [0.15, 0.2) is 29.4 Å². The smallest absolute Gasteiger partial charge is 0.230 e. The Morgan fingerprint density at radius 3 is 3.00 bits per heavy atom. The Labute approximate surface area is 107 Å². The van der Waals surface area contributed by atoms with E-state index in [0.717, 1.165) is 0 Å². The molecule has 0 aliphatic carbocycles. The van der Waals surface area contributed by atoms with E-state index in [1.54, 1.807) is 25.2 Å². The zero-order valence-electron chi connectivity index (χ0n) is 9.61. The van der Waals surface area contributed by atoms with E-state index in [4.69, 9.17) is 0 Å². The Bertz CT molecular complexity index is 557. The van der Waals surface area contributed by atoms with Crippen molar-refractivity contribution in [1.29, 1.82) is 0 Å². The molecule has 0 aliphatic rings. The van der Waals surface area contributed by atoms with Crippen LogP contribution in [0.1, 0.15) is 0 Å². The van der Waals surface area contributed by atoms with Crippen LogP contribution in [0.25, 0.3) is 11.4 Å². The summed E-state index contributed by atoms with van der Waals surface area (Å²) in [5.74, 6) is 0.103. The third-order valence-corrected chi connectivity index (χ3v) is 3.05. The molecule has 1 amide bonds. The standard InChI is InChI=1S/C11H11FN4OS/c1-13-9(17)6-18-11-14-10(15-16-11)7-4-2-3-5-8(7)12/h2-5H,6H2,1H3,(H,13,17)(H,14,15,16). The fourth-order valence-electron chi connectivity index (χ4n) is 1.29. The largest absolute Gasteiger partial charge is 0.358 e. The molecule has 0 saturated heterocycles. The van der Waals surface area contributed by atoms with Crippen LogP contribution in [-0.2, 0) is 4.79 Å². The molecule has 2 N–H and O–H groups in total. The molecule has 2 aromatic rings. The second kappa shape index (κ2) is 5.63. The fourth-order valence-corrected chi connectivity index (χ4v) is 1.96. The van der Waals surface area contributed by atoms with Gasteiger partial charge in [-0.05, 0) is 12.1 Å². The molecular weight excluding hydrogens is 255 g/mol. The van der Waals surface area contributed by atoms with Gasteiger partial charge >= 0.3 is 0 Å². The summed E-state index contributed by atoms with van der Waals surface area (Å²) in [4.78, 5) is 15.2. The molecular formula is C11H11FN4OS. The van der Waals surface area contributed by atoms with Gasteiger partial charge in [0.2, 0.25) is 11.1 Å². The maximum atomic E-state index is 13.5. The van der Waals surface area contributed by atoms with Gasteiger partial charge in [0, 0.05) is 7.05 Å². The van der Waals surface area contributed by atoms with Crippen molar-refractivity contribution in [3.05, 3.63) is 30.1 Å². The Balaban J connectivity index is 2.11. The summed E-state index contributed by atoms with van der Waals surface area (Å²) in [6.45, 7) is 0. The highest BCUT2D eigenvalue weighted by Gasteiger charge is 2.10. The Kier molecular flexibility index (Phi) is 3.93. The number of nitrogens with one attached hydrogen (secondary N) is 2. The number of hydrogen-bond donors (Lipinski definition) is 2. The third-order valence-electron chi connectivity index (χ3n) is 2.21. The van der Waals surface area contributed by atoms with E-state index in [1.807, 2.05) is 0 Å². The number of benzene rings is 1. The first-order valence-corrected chi connectivity index (χ1v) is 6.20. The van der Waals surface area contributed by atoms with Crippen LogP contribution in [-0.4, -0.2) is 33.9 Å². The minimum atomic E-state index is -0.364. The number of aromatic amines is 1. The SMILES string of the molecule is CNC(=O)CSc1n[nH]c(-c2ccccc2F)n1. The first kappa shape index (κ1) is 12.6. The summed E-state index contributed by atoms with van der Waals surface area (Å²) in [5, 5.41) is 9.48. The quantitative estimate of drug-likeness (QED) is 0.822. The lowest BCUT2D eigenvalue weighted by Gasteiger charge is -1.96. The second-order valence-electron chi connectivity index (χ2n) is 3.41. The predicted octanol–water partition coefficient (Wildman–Crippen LogP) is 1.45. The van der Waals surface area contributed by atoms with Crippen molar-refractivity contribution >= 4 is 17.7 Å². The first-order chi connectivity index (χ1) is 8.70. The van der Waals surface area contributed by atoms with Gasteiger partial charge in [0.15, 0.2) is 5.82 Å². The van der Waals surface area contributed by atoms with Gasteiger partial charge in [-0.25, -0.2) is 9.37 Å². The number of hydrogen-bond acceptors (Lipinski definition) is 4. The van der Waals surface area contributed by atoms with Gasteiger partial charge in [-0.1, -0.05) is 23.9 Å². The van der Waals surface area contributed by atoms with Crippen LogP contribution in [0.5, 0.6) is 0 Å². The van der Waals surface area contributed by atoms with Crippen LogP contribution in [0.4, 0.5) is 4.39 Å². The summed E-state index contributed by atoms with van der Waals surface area (Å²) in [6.07, 6.45) is 0. The minimum Gasteiger partial charge on any atom is -0.358 e. The maximum Gasteiger partial charge on any atom is 0.230 e. The number of carbonyl (C=O) groups excluding carboxylic acids is 1. The number of halogens is 1. The summed E-state index contributed by atoms with van der Waals surface area (Å²) in [7, 11) is 1.56. The van der Waals surface area contributed by atoms with Crippen LogP contribution in [0, 0.1) is 5.82 Å². The number of amides is 1. The summed E-state index contributed by atoms with van der Waals surface area (Å²) in [6, 6.07) is 6.30. The van der Waals surface area contributed by atoms with E-state index in [1.165, 1.54) is 17.8 Å². The van der Waals surface area contributed by atoms with Crippen LogP contribution in [0.2, 0.25) is 0 Å². The number of rotatable bonds is 4. The predicted molar refractivity (Wildman–Crippen MR) is 66.6 cm³/mol. The molecule has 0 spiro atoms. The number of carbonyl (C=O) groups is 1. The van der Waals surface area contributed by atoms with Crippen molar-refractivity contribution in [2.45, 2.75) is 5.16 Å². The van der Waals surface area contributed by atoms with Gasteiger partial charge in [-0.15, -0.1) is 5.10 Å². The minimum absolute atomic E-state index is 0.114. The topological polar surface area (TPSA) is 70.7 Å². The molecule has 0 fully saturated rings. The lowest BCUT2D eigenvalue weighted by atomic mass is 10.2. The van der Waals surface area contributed by atoms with Gasteiger partial charge in [-0.3, -0.25) is 9.89 Å². The molecule has 0 bridgehead atoms. The van der Waals surface area contributed by atoms with Crippen molar-refractivity contribution < 1.29 is 9.18 Å². The van der Waals surface area contributed by atoms with Crippen LogP contribution < -0.4 is 5.32 Å². The van der Waals surface area contributed by atoms with E-state index in [0.29, 0.717) is 16.5 Å². The Morgan fingerprint density at radius 2 is 2.28 bits per heavy atom. The van der Waals surface area contributed by atoms with Gasteiger partial charge in [0.05, 0.1) is 11.3 Å². The molecule has 0 radical (unpaired) electrons. The fraction of sp³-hybridized carbons (Fsp3) is 0.182. The highest BCUT2D eigenvalue weighted by atomic mass is 32.2. The molecule has 5 nitrogen and oxygen atoms in total. The van der Waals surface area contributed by atoms with E-state index >= 15 is 0 Å². The molecule has 2 rings (SSSR count). The van der Waals surface area contributed by atoms with E-state index in [9.17, 15) is 9.18 Å². The number of nitrogens with zero attached hydrogens (tertiary/aromatic N) is 2. The van der Waals surface area contributed by atoms with Crippen molar-refractivity contribution in [1.82, 2.24) is 20.5 Å². The molecule has 7 heteroatoms. The van der Waals surface area contributed by atoms with Gasteiger partial charge in [-0.2, -0.15) is 0 Å². The zero-order chi connectivity index (χ0) is 13.0. The number of aromatic nitrogens is 3. The van der Waals surface area contributed by atoms with Crippen LogP contribution >= 0.6 is 11.8 Å². The average molecular weight is 266 g/mol. The molecule has 0 atom stereocenters. The second-order valence-corrected chi connectivity index (χ2v) is 4.35. The lowest BCUT2D eigenvalue weighted by Crippen LogP contribution is -2.19. The normalized spacial score (nSPS) is 10.3. The molecule has 0 aliphatic heterocycles. The molecule has 0 saturated carbocycles. The average Bonchev–Trinajstić information content (AvgIpc) is 2.85. The summed E-state index contributed by atoms with van der Waals surface area (Å²) < 4.78 is 13.5. The monoisotopic (exact) mass is 266 g/mol. The maximum absolute atomic E-state index is 13.5. The summed E-state index contributed by atoms with van der Waals surface area (Å²) in [5.41, 5.74) is 0.358. The molecule has 94 valence electrons. The molecule has 18 heavy (non-hydrogen) atoms. The molecule has 0 unspecified atom stereocenters. The van der Waals surface area contributed by atoms with Gasteiger partial charge in [0.25, 0.3) is 0 Å². The van der Waals surface area contributed by atoms with Gasteiger partial charge < -0.3 is 5.32 Å². The Morgan fingerprint density at radius 1 is 1.50 bits per heavy atom. The van der Waals surface area contributed by atoms with Crippen molar-refractivity contribution in [3.8, 4) is 11.4 Å². The van der Waals surface area contributed by atoms with Crippen molar-refractivity contribution in [2.24, 2.45) is 0 Å². The zero-order valence-corrected chi connectivity index (χ0v) is 10.4. The highest BCUT2D eigenvalue weighted by molar-refractivity contribution is 7.99. The molecule has 1 aromatic heterocycles. The van der Waals surface area contributed by atoms with Crippen molar-refractivity contribution in [2.75, 3.05) is 12.8 Å². The molecule has 1 heterocycles. The lowest BCUT2D eigenvalue weighted by molar-refractivity contribution is -0.118. The first-order valence-electron chi connectivity index (χ1n) is 5.21. The third kappa shape index (κ3) is 2.86. The summed E-state index contributed by atoms with van der Waals surface area (Å²) >= 11 is 1.19. The van der Waals surface area contributed by atoms with E-state index in [2.05, 4.69) is 20.5 Å². The van der Waals surface area contributed by atoms with E-state index in [-0.39, 0.29) is 17.5 Å². The van der Waals surface area contributed by atoms with E-state index < -0.39 is 0 Å². The molecule has 1 aromatic carbocycles. The Hall–Kier alpha value is -1.89. The number of H-pyrrole nitrogens is 1.